The zero-order valence-electron chi connectivity index (χ0n) is 6.75. The third kappa shape index (κ3) is 1.28. The molecule has 0 unspecified atom stereocenters. The predicted octanol–water partition coefficient (Wildman–Crippen LogP) is 2.56. The van der Waals surface area contributed by atoms with Gasteiger partial charge in [-0.2, -0.15) is 9.59 Å². The molecule has 2 aromatic rings. The fourth-order valence-corrected chi connectivity index (χ4v) is 1.20. The Kier molecular flexibility index (Phi) is 1.78. The summed E-state index contributed by atoms with van der Waals surface area (Å²) in [6.07, 6.45) is 3.53. The second-order valence-corrected chi connectivity index (χ2v) is 2.50. The standard InChI is InChI=1S/C8H7N5/c9-11-12-13-6-2-4-8(13)7-3-1-5-10-7/h1-6,10H. The average Bonchev–Trinajstić information content (AvgIpc) is 2.71. The molecule has 0 aromatic carbocycles. The Morgan fingerprint density at radius 3 is 3.00 bits per heavy atom. The van der Waals surface area contributed by atoms with Crippen molar-refractivity contribution in [3.05, 3.63) is 47.1 Å². The van der Waals surface area contributed by atoms with E-state index in [2.05, 4.69) is 15.1 Å². The van der Waals surface area contributed by atoms with E-state index in [0.717, 1.165) is 11.4 Å². The molecule has 2 rings (SSSR count). The van der Waals surface area contributed by atoms with E-state index in [4.69, 9.17) is 5.53 Å². The van der Waals surface area contributed by atoms with E-state index in [1.807, 2.05) is 30.5 Å². The van der Waals surface area contributed by atoms with Crippen molar-refractivity contribution in [1.82, 2.24) is 9.66 Å². The minimum absolute atomic E-state index is 0.850. The lowest BCUT2D eigenvalue weighted by Gasteiger charge is -1.93. The fourth-order valence-electron chi connectivity index (χ4n) is 1.20. The molecule has 2 aromatic heterocycles. The number of azide groups is 1. The largest absolute Gasteiger partial charge is 0.358 e. The van der Waals surface area contributed by atoms with Crippen molar-refractivity contribution in [2.45, 2.75) is 0 Å². The maximum absolute atomic E-state index is 8.29. The summed E-state index contributed by atoms with van der Waals surface area (Å²) in [6, 6.07) is 7.51. The molecule has 0 amide bonds. The van der Waals surface area contributed by atoms with Crippen molar-refractivity contribution in [2.24, 2.45) is 5.22 Å². The molecule has 0 aliphatic carbocycles. The fraction of sp³-hybridized carbons (Fsp3) is 0. The maximum Gasteiger partial charge on any atom is 0.159 e. The van der Waals surface area contributed by atoms with Crippen LogP contribution in [0.4, 0.5) is 0 Å². The summed E-state index contributed by atoms with van der Waals surface area (Å²) in [7, 11) is 0. The van der Waals surface area contributed by atoms with Crippen LogP contribution in [0, 0.1) is 0 Å². The van der Waals surface area contributed by atoms with Crippen molar-refractivity contribution >= 4 is 0 Å². The summed E-state index contributed by atoms with van der Waals surface area (Å²) in [5, 5.41) is 3.50. The normalized spacial score (nSPS) is 9.54. The van der Waals surface area contributed by atoms with Gasteiger partial charge in [0.25, 0.3) is 0 Å². The summed E-state index contributed by atoms with van der Waals surface area (Å²) >= 11 is 0. The monoisotopic (exact) mass is 173 g/mol. The molecule has 2 heterocycles. The zero-order chi connectivity index (χ0) is 9.10. The Balaban J connectivity index is 2.52. The first-order valence-electron chi connectivity index (χ1n) is 3.78. The summed E-state index contributed by atoms with van der Waals surface area (Å²) in [4.78, 5) is 5.76. The van der Waals surface area contributed by atoms with Gasteiger partial charge in [-0.05, 0) is 29.5 Å². The molecule has 0 atom stereocenters. The molecular weight excluding hydrogens is 166 g/mol. The SMILES string of the molecule is [N-]=[N+]=Nn1cccc1-c1ccc[nH]1. The Bertz CT molecular complexity index is 433. The van der Waals surface area contributed by atoms with E-state index >= 15 is 0 Å². The number of hydrogen-bond acceptors (Lipinski definition) is 1. The Hall–Kier alpha value is -2.13. The molecule has 13 heavy (non-hydrogen) atoms. The van der Waals surface area contributed by atoms with Crippen LogP contribution in [0.25, 0.3) is 21.8 Å². The highest BCUT2D eigenvalue weighted by Gasteiger charge is 2.05. The Labute approximate surface area is 74.2 Å². The number of H-pyrrole nitrogens is 1. The van der Waals surface area contributed by atoms with Gasteiger partial charge < -0.3 is 4.98 Å². The van der Waals surface area contributed by atoms with Gasteiger partial charge in [0, 0.05) is 6.20 Å². The van der Waals surface area contributed by atoms with Crippen LogP contribution in [0.1, 0.15) is 0 Å². The third-order valence-corrected chi connectivity index (χ3v) is 1.74. The molecule has 0 saturated heterocycles. The van der Waals surface area contributed by atoms with Crippen LogP contribution in [-0.2, 0) is 0 Å². The van der Waals surface area contributed by atoms with Crippen molar-refractivity contribution in [3.63, 3.8) is 0 Å². The predicted molar refractivity (Wildman–Crippen MR) is 48.8 cm³/mol. The molecule has 0 aliphatic rings. The number of rotatable bonds is 2. The molecule has 0 aliphatic heterocycles. The smallest absolute Gasteiger partial charge is 0.159 e. The van der Waals surface area contributed by atoms with Gasteiger partial charge >= 0.3 is 0 Å². The van der Waals surface area contributed by atoms with Crippen molar-refractivity contribution in [3.8, 4) is 11.4 Å². The second-order valence-electron chi connectivity index (χ2n) is 2.50. The Morgan fingerprint density at radius 1 is 1.38 bits per heavy atom. The second kappa shape index (κ2) is 3.08. The van der Waals surface area contributed by atoms with Crippen LogP contribution < -0.4 is 0 Å². The van der Waals surface area contributed by atoms with Gasteiger partial charge in [0.1, 0.15) is 6.20 Å². The molecule has 0 spiro atoms. The average molecular weight is 173 g/mol. The van der Waals surface area contributed by atoms with E-state index in [-0.39, 0.29) is 0 Å². The molecule has 5 heteroatoms. The van der Waals surface area contributed by atoms with E-state index < -0.39 is 0 Å². The van der Waals surface area contributed by atoms with Crippen molar-refractivity contribution in [1.29, 1.82) is 0 Å². The molecule has 0 saturated carbocycles. The van der Waals surface area contributed by atoms with Crippen LogP contribution in [-0.4, -0.2) is 9.66 Å². The summed E-state index contributed by atoms with van der Waals surface area (Å²) < 4.78 is 1.48. The number of nitrogens with zero attached hydrogens (tertiary/aromatic N) is 4. The lowest BCUT2D eigenvalue weighted by Crippen LogP contribution is -1.87. The molecular formula is C8H7N5. The molecule has 0 radical (unpaired) electrons. The van der Waals surface area contributed by atoms with Gasteiger partial charge in [-0.15, -0.1) is 5.53 Å². The van der Waals surface area contributed by atoms with Crippen LogP contribution in [0.3, 0.4) is 0 Å². The number of hydrogen-bond donors (Lipinski definition) is 1. The van der Waals surface area contributed by atoms with Gasteiger partial charge in [-0.3, -0.25) is 0 Å². The number of nitrogens with one attached hydrogen (secondary N) is 1. The summed E-state index contributed by atoms with van der Waals surface area (Å²) in [5.74, 6) is 0. The van der Waals surface area contributed by atoms with Crippen LogP contribution in [0.5, 0.6) is 0 Å². The highest BCUT2D eigenvalue weighted by atomic mass is 15.5. The van der Waals surface area contributed by atoms with E-state index in [0.29, 0.717) is 0 Å². The molecule has 0 fully saturated rings. The van der Waals surface area contributed by atoms with E-state index in [9.17, 15) is 0 Å². The minimum atomic E-state index is 0.850. The molecule has 0 bridgehead atoms. The van der Waals surface area contributed by atoms with Crippen molar-refractivity contribution < 1.29 is 0 Å². The van der Waals surface area contributed by atoms with Crippen LogP contribution in [0.2, 0.25) is 0 Å². The molecule has 1 N–H and O–H groups in total. The number of aromatic nitrogens is 2. The van der Waals surface area contributed by atoms with Gasteiger partial charge in [0.15, 0.2) is 5.69 Å². The lowest BCUT2D eigenvalue weighted by atomic mass is 10.3. The summed E-state index contributed by atoms with van der Waals surface area (Å²) in [5.41, 5.74) is 10.1. The quantitative estimate of drug-likeness (QED) is 0.412. The van der Waals surface area contributed by atoms with Gasteiger partial charge in [-0.25, -0.2) is 0 Å². The summed E-state index contributed by atoms with van der Waals surface area (Å²) in [6.45, 7) is 0. The minimum Gasteiger partial charge on any atom is -0.358 e. The lowest BCUT2D eigenvalue weighted by molar-refractivity contribution is 0.876. The van der Waals surface area contributed by atoms with E-state index in [1.54, 1.807) is 6.20 Å². The first-order chi connectivity index (χ1) is 6.42. The molecule has 5 nitrogen and oxygen atoms in total. The van der Waals surface area contributed by atoms with Gasteiger partial charge in [-0.1, -0.05) is 0 Å². The van der Waals surface area contributed by atoms with E-state index in [1.165, 1.54) is 4.68 Å². The first kappa shape index (κ1) is 7.52. The first-order valence-corrected chi connectivity index (χ1v) is 3.78. The number of aromatic amines is 1. The van der Waals surface area contributed by atoms with Crippen molar-refractivity contribution in [2.75, 3.05) is 0 Å². The highest BCUT2D eigenvalue weighted by Crippen LogP contribution is 2.17. The topological polar surface area (TPSA) is 69.5 Å². The highest BCUT2D eigenvalue weighted by molar-refractivity contribution is 5.55. The third-order valence-electron chi connectivity index (χ3n) is 1.74. The van der Waals surface area contributed by atoms with Gasteiger partial charge in [0.05, 0.1) is 5.69 Å². The maximum atomic E-state index is 8.29. The van der Waals surface area contributed by atoms with Crippen LogP contribution in [0.15, 0.2) is 41.9 Å². The zero-order valence-corrected chi connectivity index (χ0v) is 6.75. The van der Waals surface area contributed by atoms with Gasteiger partial charge in [0.2, 0.25) is 0 Å². The molecule has 64 valence electrons. The Morgan fingerprint density at radius 2 is 2.31 bits per heavy atom. The van der Waals surface area contributed by atoms with Crippen LogP contribution >= 0.6 is 0 Å².